The zero-order chi connectivity index (χ0) is 24.5. The molecule has 0 bridgehead atoms. The first-order valence-corrected chi connectivity index (χ1v) is 13.0. The number of nitrogens with zero attached hydrogens (tertiary/aromatic N) is 2. The highest BCUT2D eigenvalue weighted by molar-refractivity contribution is 5.77. The molecule has 0 saturated heterocycles. The molecule has 0 radical (unpaired) electrons. The lowest BCUT2D eigenvalue weighted by Crippen LogP contribution is -2.39. The number of carbonyl (C=O) groups is 2. The van der Waals surface area contributed by atoms with E-state index in [4.69, 9.17) is 9.47 Å². The Balaban J connectivity index is 4.73. The predicted octanol–water partition coefficient (Wildman–Crippen LogP) is 5.84. The van der Waals surface area contributed by atoms with Crippen LogP contribution >= 0.6 is 0 Å². The van der Waals surface area contributed by atoms with Crippen LogP contribution in [0, 0.1) is 11.8 Å². The highest BCUT2D eigenvalue weighted by Gasteiger charge is 2.23. The van der Waals surface area contributed by atoms with Gasteiger partial charge in [0.15, 0.2) is 12.5 Å². The van der Waals surface area contributed by atoms with E-state index in [1.807, 2.05) is 0 Å². The van der Waals surface area contributed by atoms with E-state index in [0.29, 0.717) is 11.8 Å². The molecule has 0 rings (SSSR count). The van der Waals surface area contributed by atoms with Crippen molar-refractivity contribution in [3.63, 3.8) is 0 Å². The number of hydrogen-bond acceptors (Lipinski definition) is 6. The van der Waals surface area contributed by atoms with Crippen molar-refractivity contribution in [2.75, 3.05) is 26.2 Å². The highest BCUT2D eigenvalue weighted by atomic mass is 16.6. The van der Waals surface area contributed by atoms with Crippen LogP contribution in [0.15, 0.2) is 0 Å². The molecular weight excluding hydrogens is 404 g/mol. The summed E-state index contributed by atoms with van der Waals surface area (Å²) in [4.78, 5) is 29.3. The molecule has 6 heteroatoms. The van der Waals surface area contributed by atoms with Gasteiger partial charge >= 0.3 is 11.9 Å². The van der Waals surface area contributed by atoms with Crippen molar-refractivity contribution in [3.8, 4) is 0 Å². The second-order valence-corrected chi connectivity index (χ2v) is 9.48. The van der Waals surface area contributed by atoms with Gasteiger partial charge in [-0.3, -0.25) is 19.4 Å². The maximum atomic E-state index is 12.5. The van der Waals surface area contributed by atoms with Gasteiger partial charge in [-0.05, 0) is 63.7 Å². The SMILES string of the molecule is CCN(CC)C(CCCC(C)C)OC(=O)CCC(=O)OC(CCCC(C)C)N(CC)CC. The van der Waals surface area contributed by atoms with Gasteiger partial charge in [-0.2, -0.15) is 0 Å². The van der Waals surface area contributed by atoms with Gasteiger partial charge < -0.3 is 9.47 Å². The van der Waals surface area contributed by atoms with Crippen LogP contribution in [0.3, 0.4) is 0 Å². The molecule has 0 fully saturated rings. The maximum absolute atomic E-state index is 12.5. The second kappa shape index (κ2) is 18.3. The van der Waals surface area contributed by atoms with Crippen molar-refractivity contribution >= 4 is 11.9 Å². The third-order valence-electron chi connectivity index (χ3n) is 5.97. The van der Waals surface area contributed by atoms with Gasteiger partial charge in [0.25, 0.3) is 0 Å². The van der Waals surface area contributed by atoms with Gasteiger partial charge in [-0.25, -0.2) is 0 Å². The molecule has 190 valence electrons. The van der Waals surface area contributed by atoms with E-state index in [2.05, 4.69) is 65.2 Å². The number of hydrogen-bond donors (Lipinski definition) is 0. The Bertz CT molecular complexity index is 444. The Hall–Kier alpha value is -1.14. The number of rotatable bonds is 19. The van der Waals surface area contributed by atoms with E-state index in [1.165, 1.54) is 0 Å². The summed E-state index contributed by atoms with van der Waals surface area (Å²) in [6.45, 7) is 20.5. The summed E-state index contributed by atoms with van der Waals surface area (Å²) in [6, 6.07) is 0. The van der Waals surface area contributed by atoms with Gasteiger partial charge in [0.2, 0.25) is 0 Å². The molecule has 2 atom stereocenters. The third kappa shape index (κ3) is 14.1. The Labute approximate surface area is 198 Å². The fourth-order valence-corrected chi connectivity index (χ4v) is 3.92. The first-order valence-electron chi connectivity index (χ1n) is 13.0. The summed E-state index contributed by atoms with van der Waals surface area (Å²) in [5, 5.41) is 0. The third-order valence-corrected chi connectivity index (χ3v) is 5.97. The van der Waals surface area contributed by atoms with Crippen molar-refractivity contribution in [3.05, 3.63) is 0 Å². The molecule has 0 amide bonds. The molecule has 0 N–H and O–H groups in total. The normalized spacial score (nSPS) is 13.8. The molecule has 6 nitrogen and oxygen atoms in total. The first-order chi connectivity index (χ1) is 15.2. The van der Waals surface area contributed by atoms with Gasteiger partial charge in [0, 0.05) is 0 Å². The second-order valence-electron chi connectivity index (χ2n) is 9.48. The first kappa shape index (κ1) is 30.9. The summed E-state index contributed by atoms with van der Waals surface area (Å²) in [6.07, 6.45) is 5.64. The lowest BCUT2D eigenvalue weighted by Gasteiger charge is -2.30. The van der Waals surface area contributed by atoms with Gasteiger partial charge in [-0.15, -0.1) is 0 Å². The molecular formula is C26H52N2O4. The number of ether oxygens (including phenoxy) is 2. The fraction of sp³-hybridized carbons (Fsp3) is 0.923. The van der Waals surface area contributed by atoms with Crippen molar-refractivity contribution in [2.45, 2.75) is 119 Å². The smallest absolute Gasteiger partial charge is 0.307 e. The van der Waals surface area contributed by atoms with Crippen molar-refractivity contribution in [1.82, 2.24) is 9.80 Å². The van der Waals surface area contributed by atoms with Gasteiger partial charge in [0.1, 0.15) is 0 Å². The van der Waals surface area contributed by atoms with Crippen LogP contribution in [0.4, 0.5) is 0 Å². The summed E-state index contributed by atoms with van der Waals surface area (Å²) in [7, 11) is 0. The Morgan fingerprint density at radius 1 is 0.594 bits per heavy atom. The topological polar surface area (TPSA) is 59.1 Å². The van der Waals surface area contributed by atoms with Gasteiger partial charge in [0.05, 0.1) is 12.8 Å². The average Bonchev–Trinajstić information content (AvgIpc) is 2.73. The lowest BCUT2D eigenvalue weighted by molar-refractivity contribution is -0.167. The molecule has 0 heterocycles. The minimum Gasteiger partial charge on any atom is -0.446 e. The summed E-state index contributed by atoms with van der Waals surface area (Å²) < 4.78 is 11.6. The standard InChI is InChI=1S/C26H52N2O4/c1-9-27(10-2)23(17-13-15-21(5)6)31-25(29)19-20-26(30)32-24(28(11-3)12-4)18-14-16-22(7)8/h21-24H,9-20H2,1-8H3. The van der Waals surface area contributed by atoms with E-state index >= 15 is 0 Å². The molecule has 32 heavy (non-hydrogen) atoms. The molecule has 0 aromatic heterocycles. The number of carbonyl (C=O) groups excluding carboxylic acids is 2. The van der Waals surface area contributed by atoms with E-state index in [1.54, 1.807) is 0 Å². The molecule has 0 aromatic rings. The van der Waals surface area contributed by atoms with E-state index in [0.717, 1.165) is 64.7 Å². The highest BCUT2D eigenvalue weighted by Crippen LogP contribution is 2.17. The quantitative estimate of drug-likeness (QED) is 0.180. The van der Waals surface area contributed by atoms with Crippen LogP contribution in [0.5, 0.6) is 0 Å². The zero-order valence-corrected chi connectivity index (χ0v) is 22.3. The van der Waals surface area contributed by atoms with Crippen LogP contribution in [0.2, 0.25) is 0 Å². The minimum atomic E-state index is -0.317. The van der Waals surface area contributed by atoms with Crippen molar-refractivity contribution in [2.24, 2.45) is 11.8 Å². The summed E-state index contributed by atoms with van der Waals surface area (Å²) in [5.41, 5.74) is 0. The zero-order valence-electron chi connectivity index (χ0n) is 22.3. The van der Waals surface area contributed by atoms with Gasteiger partial charge in [-0.1, -0.05) is 68.2 Å². The van der Waals surface area contributed by atoms with Crippen LogP contribution in [0.1, 0.15) is 107 Å². The minimum absolute atomic E-state index is 0.0672. The molecule has 0 saturated carbocycles. The van der Waals surface area contributed by atoms with E-state index < -0.39 is 0 Å². The summed E-state index contributed by atoms with van der Waals surface area (Å²) >= 11 is 0. The number of esters is 2. The average molecular weight is 457 g/mol. The lowest BCUT2D eigenvalue weighted by atomic mass is 10.1. The Morgan fingerprint density at radius 3 is 1.16 bits per heavy atom. The largest absolute Gasteiger partial charge is 0.446 e. The molecule has 0 aliphatic carbocycles. The monoisotopic (exact) mass is 456 g/mol. The molecule has 0 spiro atoms. The van der Waals surface area contributed by atoms with Crippen molar-refractivity contribution in [1.29, 1.82) is 0 Å². The maximum Gasteiger partial charge on any atom is 0.307 e. The van der Waals surface area contributed by atoms with Crippen LogP contribution in [-0.2, 0) is 19.1 Å². The van der Waals surface area contributed by atoms with Crippen LogP contribution in [-0.4, -0.2) is 60.4 Å². The van der Waals surface area contributed by atoms with Crippen LogP contribution < -0.4 is 0 Å². The molecule has 0 aromatic carbocycles. The van der Waals surface area contributed by atoms with E-state index in [-0.39, 0.29) is 37.2 Å². The summed E-state index contributed by atoms with van der Waals surface area (Å²) in [5.74, 6) is 0.638. The Kier molecular flexibility index (Phi) is 17.7. The molecule has 0 aliphatic rings. The molecule has 0 aliphatic heterocycles. The van der Waals surface area contributed by atoms with E-state index in [9.17, 15) is 9.59 Å². The predicted molar refractivity (Wildman–Crippen MR) is 132 cm³/mol. The fourth-order valence-electron chi connectivity index (χ4n) is 3.92. The van der Waals surface area contributed by atoms with Crippen LogP contribution in [0.25, 0.3) is 0 Å². The van der Waals surface area contributed by atoms with Crippen molar-refractivity contribution < 1.29 is 19.1 Å². The molecule has 2 unspecified atom stereocenters. The Morgan fingerprint density at radius 2 is 0.906 bits per heavy atom.